The van der Waals surface area contributed by atoms with Gasteiger partial charge in [-0.15, -0.1) is 0 Å². The number of para-hydroxylation sites is 1. The van der Waals surface area contributed by atoms with E-state index in [1.165, 1.54) is 12.1 Å². The minimum atomic E-state index is 0.173. The molecule has 3 heteroatoms. The summed E-state index contributed by atoms with van der Waals surface area (Å²) in [5.74, 6) is 0. The Kier molecular flexibility index (Phi) is 4.48. The SMILES string of the molecule is CNCCC1CN(C)CC(C)(C)N1c1ccccc1. The first-order valence-corrected chi connectivity index (χ1v) is 7.22. The lowest BCUT2D eigenvalue weighted by Gasteiger charge is -2.52. The van der Waals surface area contributed by atoms with Crippen LogP contribution in [0.15, 0.2) is 30.3 Å². The first-order chi connectivity index (χ1) is 9.04. The summed E-state index contributed by atoms with van der Waals surface area (Å²) in [5, 5.41) is 3.28. The van der Waals surface area contributed by atoms with E-state index in [9.17, 15) is 0 Å². The van der Waals surface area contributed by atoms with Crippen LogP contribution in [-0.4, -0.2) is 50.2 Å². The Bertz CT molecular complexity index is 388. The van der Waals surface area contributed by atoms with Gasteiger partial charge in [-0.1, -0.05) is 18.2 Å². The predicted molar refractivity (Wildman–Crippen MR) is 82.8 cm³/mol. The molecule has 0 saturated carbocycles. The number of nitrogens with one attached hydrogen (secondary N) is 1. The van der Waals surface area contributed by atoms with E-state index in [4.69, 9.17) is 0 Å². The van der Waals surface area contributed by atoms with Gasteiger partial charge in [-0.3, -0.25) is 0 Å². The van der Waals surface area contributed by atoms with Gasteiger partial charge in [-0.2, -0.15) is 0 Å². The standard InChI is InChI=1S/C16H27N3/c1-16(2)13-18(4)12-15(10-11-17-3)19(16)14-8-6-5-7-9-14/h5-9,15,17H,10-13H2,1-4H3. The van der Waals surface area contributed by atoms with Crippen molar-refractivity contribution in [3.63, 3.8) is 0 Å². The highest BCUT2D eigenvalue weighted by molar-refractivity contribution is 5.50. The molecule has 1 heterocycles. The lowest BCUT2D eigenvalue weighted by Crippen LogP contribution is -2.63. The zero-order valence-corrected chi connectivity index (χ0v) is 12.7. The normalized spacial score (nSPS) is 23.6. The average molecular weight is 261 g/mol. The molecule has 106 valence electrons. The van der Waals surface area contributed by atoms with Crippen LogP contribution in [0.2, 0.25) is 0 Å². The molecule has 1 aliphatic heterocycles. The third kappa shape index (κ3) is 3.28. The molecule has 0 aromatic heterocycles. The highest BCUT2D eigenvalue weighted by Crippen LogP contribution is 2.31. The predicted octanol–water partition coefficient (Wildman–Crippen LogP) is 2.20. The Morgan fingerprint density at radius 3 is 2.58 bits per heavy atom. The van der Waals surface area contributed by atoms with E-state index < -0.39 is 0 Å². The van der Waals surface area contributed by atoms with Crippen molar-refractivity contribution in [3.05, 3.63) is 30.3 Å². The fourth-order valence-corrected chi connectivity index (χ4v) is 3.42. The maximum absolute atomic E-state index is 3.28. The van der Waals surface area contributed by atoms with Gasteiger partial charge >= 0.3 is 0 Å². The molecule has 1 aliphatic rings. The van der Waals surface area contributed by atoms with E-state index in [2.05, 4.69) is 66.3 Å². The summed E-state index contributed by atoms with van der Waals surface area (Å²) >= 11 is 0. The molecular weight excluding hydrogens is 234 g/mol. The number of benzene rings is 1. The fourth-order valence-electron chi connectivity index (χ4n) is 3.42. The zero-order valence-electron chi connectivity index (χ0n) is 12.7. The molecule has 0 radical (unpaired) electrons. The molecule has 1 N–H and O–H groups in total. The molecule has 19 heavy (non-hydrogen) atoms. The Hall–Kier alpha value is -1.06. The number of hydrogen-bond donors (Lipinski definition) is 1. The maximum atomic E-state index is 3.28. The third-order valence-corrected chi connectivity index (χ3v) is 3.96. The van der Waals surface area contributed by atoms with E-state index in [0.717, 1.165) is 19.6 Å². The van der Waals surface area contributed by atoms with Crippen molar-refractivity contribution in [1.82, 2.24) is 10.2 Å². The van der Waals surface area contributed by atoms with Gasteiger partial charge in [-0.05, 0) is 53.0 Å². The quantitative estimate of drug-likeness (QED) is 0.896. The molecule has 0 aliphatic carbocycles. The van der Waals surface area contributed by atoms with Crippen LogP contribution in [0.5, 0.6) is 0 Å². The molecule has 2 rings (SSSR count). The smallest absolute Gasteiger partial charge is 0.0476 e. The third-order valence-electron chi connectivity index (χ3n) is 3.96. The molecule has 1 saturated heterocycles. The molecule has 1 aromatic rings. The first kappa shape index (κ1) is 14.4. The van der Waals surface area contributed by atoms with E-state index in [1.54, 1.807) is 0 Å². The van der Waals surface area contributed by atoms with Gasteiger partial charge < -0.3 is 15.1 Å². The minimum absolute atomic E-state index is 0.173. The lowest BCUT2D eigenvalue weighted by atomic mass is 9.92. The van der Waals surface area contributed by atoms with Gasteiger partial charge in [0.15, 0.2) is 0 Å². The van der Waals surface area contributed by atoms with Gasteiger partial charge in [0.1, 0.15) is 0 Å². The molecule has 1 atom stereocenters. The average Bonchev–Trinajstić information content (AvgIpc) is 2.35. The van der Waals surface area contributed by atoms with Crippen LogP contribution in [0.3, 0.4) is 0 Å². The van der Waals surface area contributed by atoms with Crippen molar-refractivity contribution in [3.8, 4) is 0 Å². The van der Waals surface area contributed by atoms with Crippen molar-refractivity contribution in [2.24, 2.45) is 0 Å². The second kappa shape index (κ2) is 5.93. The van der Waals surface area contributed by atoms with Crippen molar-refractivity contribution in [2.75, 3.05) is 38.6 Å². The molecule has 3 nitrogen and oxygen atoms in total. The summed E-state index contributed by atoms with van der Waals surface area (Å²) in [6.07, 6.45) is 1.18. The zero-order chi connectivity index (χ0) is 13.9. The second-order valence-corrected chi connectivity index (χ2v) is 6.26. The summed E-state index contributed by atoms with van der Waals surface area (Å²) in [6, 6.07) is 11.4. The van der Waals surface area contributed by atoms with Crippen molar-refractivity contribution in [1.29, 1.82) is 0 Å². The van der Waals surface area contributed by atoms with Crippen molar-refractivity contribution < 1.29 is 0 Å². The number of piperazine rings is 1. The van der Waals surface area contributed by atoms with E-state index in [-0.39, 0.29) is 5.54 Å². The van der Waals surface area contributed by atoms with E-state index in [0.29, 0.717) is 6.04 Å². The Morgan fingerprint density at radius 2 is 1.95 bits per heavy atom. The Labute approximate surface area is 117 Å². The molecule has 0 bridgehead atoms. The largest absolute Gasteiger partial charge is 0.361 e. The van der Waals surface area contributed by atoms with Crippen LogP contribution in [0.25, 0.3) is 0 Å². The Morgan fingerprint density at radius 1 is 1.26 bits per heavy atom. The molecular formula is C16H27N3. The summed E-state index contributed by atoms with van der Waals surface area (Å²) in [5.41, 5.74) is 1.52. The van der Waals surface area contributed by atoms with Crippen LogP contribution in [0.1, 0.15) is 20.3 Å². The molecule has 0 spiro atoms. The fraction of sp³-hybridized carbons (Fsp3) is 0.625. The van der Waals surface area contributed by atoms with Crippen LogP contribution < -0.4 is 10.2 Å². The number of rotatable bonds is 4. The van der Waals surface area contributed by atoms with Crippen LogP contribution in [0.4, 0.5) is 5.69 Å². The van der Waals surface area contributed by atoms with Gasteiger partial charge in [0.2, 0.25) is 0 Å². The van der Waals surface area contributed by atoms with Gasteiger partial charge in [0.05, 0.1) is 0 Å². The summed E-state index contributed by atoms with van der Waals surface area (Å²) < 4.78 is 0. The first-order valence-electron chi connectivity index (χ1n) is 7.22. The minimum Gasteiger partial charge on any atom is -0.361 e. The van der Waals surface area contributed by atoms with Crippen LogP contribution in [-0.2, 0) is 0 Å². The van der Waals surface area contributed by atoms with Gasteiger partial charge in [-0.25, -0.2) is 0 Å². The molecule has 0 amide bonds. The van der Waals surface area contributed by atoms with Crippen molar-refractivity contribution in [2.45, 2.75) is 31.8 Å². The number of nitrogens with zero attached hydrogens (tertiary/aromatic N) is 2. The lowest BCUT2D eigenvalue weighted by molar-refractivity contribution is 0.175. The molecule has 1 fully saturated rings. The van der Waals surface area contributed by atoms with Crippen molar-refractivity contribution >= 4 is 5.69 Å². The Balaban J connectivity index is 2.27. The van der Waals surface area contributed by atoms with E-state index >= 15 is 0 Å². The summed E-state index contributed by atoms with van der Waals surface area (Å²) in [7, 11) is 4.26. The van der Waals surface area contributed by atoms with E-state index in [1.807, 2.05) is 7.05 Å². The highest BCUT2D eigenvalue weighted by Gasteiger charge is 2.38. The molecule has 1 aromatic carbocycles. The van der Waals surface area contributed by atoms with Gasteiger partial charge in [0.25, 0.3) is 0 Å². The summed E-state index contributed by atoms with van der Waals surface area (Å²) in [4.78, 5) is 5.07. The molecule has 1 unspecified atom stereocenters. The number of anilines is 1. The van der Waals surface area contributed by atoms with Crippen LogP contribution in [0, 0.1) is 0 Å². The monoisotopic (exact) mass is 261 g/mol. The topological polar surface area (TPSA) is 18.5 Å². The van der Waals surface area contributed by atoms with Gasteiger partial charge in [0, 0.05) is 30.4 Å². The maximum Gasteiger partial charge on any atom is 0.0476 e. The summed E-state index contributed by atoms with van der Waals surface area (Å²) in [6.45, 7) is 8.01. The number of hydrogen-bond acceptors (Lipinski definition) is 3. The number of likely N-dealkylation sites (N-methyl/N-ethyl adjacent to an activating group) is 1. The van der Waals surface area contributed by atoms with Crippen LogP contribution >= 0.6 is 0 Å². The highest BCUT2D eigenvalue weighted by atomic mass is 15.3. The second-order valence-electron chi connectivity index (χ2n) is 6.26.